The Morgan fingerprint density at radius 3 is 2.64 bits per heavy atom. The van der Waals surface area contributed by atoms with Gasteiger partial charge in [0, 0.05) is 17.8 Å². The predicted octanol–water partition coefficient (Wildman–Crippen LogP) is 4.46. The molecule has 2 aliphatic carbocycles. The Morgan fingerprint density at radius 1 is 1.41 bits per heavy atom. The van der Waals surface area contributed by atoms with Crippen molar-refractivity contribution in [2.45, 2.75) is 59.0 Å². The van der Waals surface area contributed by atoms with Crippen molar-refractivity contribution in [3.05, 3.63) is 37.0 Å². The molecule has 2 rings (SSSR count). The van der Waals surface area contributed by atoms with E-state index in [-0.39, 0.29) is 16.7 Å². The van der Waals surface area contributed by atoms with Crippen LogP contribution in [0.1, 0.15) is 52.9 Å². The van der Waals surface area contributed by atoms with E-state index in [1.165, 1.54) is 0 Å². The summed E-state index contributed by atoms with van der Waals surface area (Å²) in [5, 5.41) is 10.8. The molecule has 0 aromatic carbocycles. The van der Waals surface area contributed by atoms with Crippen LogP contribution in [-0.2, 0) is 4.79 Å². The summed E-state index contributed by atoms with van der Waals surface area (Å²) in [6.07, 6.45) is 5.11. The third-order valence-electron chi connectivity index (χ3n) is 6.33. The van der Waals surface area contributed by atoms with Crippen LogP contribution in [0.25, 0.3) is 0 Å². The molecule has 0 spiro atoms. The summed E-state index contributed by atoms with van der Waals surface area (Å²) >= 11 is 0. The number of fused-ring (bicyclic) bond motifs is 1. The monoisotopic (exact) mass is 302 g/mol. The first-order valence-corrected chi connectivity index (χ1v) is 8.34. The number of aliphatic hydroxyl groups excluding tert-OH is 1. The third kappa shape index (κ3) is 2.62. The predicted molar refractivity (Wildman–Crippen MR) is 91.4 cm³/mol. The minimum atomic E-state index is -0.491. The Kier molecular flexibility index (Phi) is 4.54. The Morgan fingerprint density at radius 2 is 2.05 bits per heavy atom. The van der Waals surface area contributed by atoms with Crippen molar-refractivity contribution < 1.29 is 9.90 Å². The maximum atomic E-state index is 12.4. The van der Waals surface area contributed by atoms with Crippen LogP contribution in [-0.4, -0.2) is 17.0 Å². The van der Waals surface area contributed by atoms with Gasteiger partial charge in [-0.25, -0.2) is 0 Å². The number of hydrogen-bond acceptors (Lipinski definition) is 2. The van der Waals surface area contributed by atoms with Gasteiger partial charge in [0.2, 0.25) is 0 Å². The molecule has 0 amide bonds. The van der Waals surface area contributed by atoms with Gasteiger partial charge < -0.3 is 5.11 Å². The van der Waals surface area contributed by atoms with Gasteiger partial charge in [-0.1, -0.05) is 57.7 Å². The summed E-state index contributed by atoms with van der Waals surface area (Å²) in [6, 6.07) is 0. The fraction of sp³-hybridized carbons (Fsp3) is 0.650. The van der Waals surface area contributed by atoms with Gasteiger partial charge in [-0.2, -0.15) is 0 Å². The molecule has 2 heteroatoms. The van der Waals surface area contributed by atoms with Crippen LogP contribution >= 0.6 is 0 Å². The number of carbonyl (C=O) groups excluding carboxylic acids is 1. The lowest BCUT2D eigenvalue weighted by Crippen LogP contribution is -2.55. The number of Topliss-reactive ketones (excluding diaryl/α,β-unsaturated/α-hetero) is 1. The van der Waals surface area contributed by atoms with Gasteiger partial charge in [0.1, 0.15) is 5.78 Å². The molecule has 0 aliphatic heterocycles. The molecule has 0 aromatic heterocycles. The molecule has 0 radical (unpaired) electrons. The summed E-state index contributed by atoms with van der Waals surface area (Å²) < 4.78 is 0. The second-order valence-corrected chi connectivity index (χ2v) is 8.01. The number of ketones is 1. The number of hydrogen-bond donors (Lipinski definition) is 1. The number of rotatable bonds is 4. The summed E-state index contributed by atoms with van der Waals surface area (Å²) in [5.74, 6) is 0.713. The van der Waals surface area contributed by atoms with Crippen LogP contribution in [0.4, 0.5) is 0 Å². The summed E-state index contributed by atoms with van der Waals surface area (Å²) in [5.41, 5.74) is 1.62. The van der Waals surface area contributed by atoms with E-state index in [1.54, 1.807) is 6.08 Å². The maximum Gasteiger partial charge on any atom is 0.138 e. The van der Waals surface area contributed by atoms with Crippen LogP contribution in [0.5, 0.6) is 0 Å². The van der Waals surface area contributed by atoms with E-state index in [9.17, 15) is 9.90 Å². The summed E-state index contributed by atoms with van der Waals surface area (Å²) in [7, 11) is 0. The lowest BCUT2D eigenvalue weighted by atomic mass is 9.46. The quantitative estimate of drug-likeness (QED) is 0.615. The minimum Gasteiger partial charge on any atom is -0.392 e. The standard InChI is InChI=1S/C20H30O2/c1-7-13(2)12-15(21)18-14(3)8-9-16-19(4,5)17(22)10-11-20(16,18)6/h7,15-16,18,21H,1-3,8-12H2,4-6H3/t15?,16-,18+,20-/m0/s1. The third-order valence-corrected chi connectivity index (χ3v) is 6.33. The van der Waals surface area contributed by atoms with Gasteiger partial charge in [0.25, 0.3) is 0 Å². The second-order valence-electron chi connectivity index (χ2n) is 8.01. The zero-order chi connectivity index (χ0) is 16.7. The van der Waals surface area contributed by atoms with Crippen molar-refractivity contribution in [3.63, 3.8) is 0 Å². The SMILES string of the molecule is C=CC(=C)CC(O)[C@H]1C(=C)CC[C@H]2C(C)(C)C(=O)CC[C@]12C. The second kappa shape index (κ2) is 5.81. The Bertz CT molecular complexity index is 514. The van der Waals surface area contributed by atoms with Crippen molar-refractivity contribution in [2.24, 2.45) is 22.7 Å². The molecule has 1 unspecified atom stereocenters. The van der Waals surface area contributed by atoms with Crippen molar-refractivity contribution in [2.75, 3.05) is 0 Å². The molecule has 2 nitrogen and oxygen atoms in total. The number of carbonyl (C=O) groups is 1. The molecule has 4 atom stereocenters. The Hall–Kier alpha value is -1.15. The highest BCUT2D eigenvalue weighted by Crippen LogP contribution is 2.60. The first-order chi connectivity index (χ1) is 10.1. The Labute approximate surface area is 135 Å². The van der Waals surface area contributed by atoms with Crippen molar-refractivity contribution in [1.29, 1.82) is 0 Å². The average molecular weight is 302 g/mol. The molecule has 1 N–H and O–H groups in total. The molecule has 2 saturated carbocycles. The van der Waals surface area contributed by atoms with E-state index in [0.29, 0.717) is 24.5 Å². The van der Waals surface area contributed by atoms with Gasteiger partial charge in [-0.15, -0.1) is 0 Å². The van der Waals surface area contributed by atoms with E-state index in [0.717, 1.165) is 30.4 Å². The Balaban J connectivity index is 2.36. The van der Waals surface area contributed by atoms with Gasteiger partial charge in [0.15, 0.2) is 0 Å². The molecular weight excluding hydrogens is 272 g/mol. The molecule has 22 heavy (non-hydrogen) atoms. The maximum absolute atomic E-state index is 12.4. The zero-order valence-electron chi connectivity index (χ0n) is 14.3. The number of allylic oxidation sites excluding steroid dienone is 1. The van der Waals surface area contributed by atoms with Crippen molar-refractivity contribution >= 4 is 5.78 Å². The lowest BCUT2D eigenvalue weighted by molar-refractivity contribution is -0.148. The molecule has 2 aliphatic rings. The van der Waals surface area contributed by atoms with E-state index in [2.05, 4.69) is 40.5 Å². The average Bonchev–Trinajstić information content (AvgIpc) is 2.42. The van der Waals surface area contributed by atoms with Crippen LogP contribution in [0, 0.1) is 22.7 Å². The lowest BCUT2D eigenvalue weighted by Gasteiger charge is -2.58. The van der Waals surface area contributed by atoms with Crippen LogP contribution in [0.2, 0.25) is 0 Å². The fourth-order valence-electron chi connectivity index (χ4n) is 5.09. The van der Waals surface area contributed by atoms with E-state index in [4.69, 9.17) is 0 Å². The molecule has 0 aromatic rings. The topological polar surface area (TPSA) is 37.3 Å². The first-order valence-electron chi connectivity index (χ1n) is 8.34. The summed E-state index contributed by atoms with van der Waals surface area (Å²) in [6.45, 7) is 18.3. The zero-order valence-corrected chi connectivity index (χ0v) is 14.3. The molecule has 2 fully saturated rings. The van der Waals surface area contributed by atoms with Crippen LogP contribution in [0.3, 0.4) is 0 Å². The van der Waals surface area contributed by atoms with Gasteiger partial charge in [-0.3, -0.25) is 4.79 Å². The molecule has 0 heterocycles. The highest BCUT2D eigenvalue weighted by atomic mass is 16.3. The van der Waals surface area contributed by atoms with Crippen LogP contribution < -0.4 is 0 Å². The van der Waals surface area contributed by atoms with Gasteiger partial charge >= 0.3 is 0 Å². The minimum absolute atomic E-state index is 0.0373. The summed E-state index contributed by atoms with van der Waals surface area (Å²) in [4.78, 5) is 12.4. The van der Waals surface area contributed by atoms with Crippen molar-refractivity contribution in [3.8, 4) is 0 Å². The van der Waals surface area contributed by atoms with Crippen molar-refractivity contribution in [1.82, 2.24) is 0 Å². The fourth-order valence-corrected chi connectivity index (χ4v) is 5.09. The van der Waals surface area contributed by atoms with E-state index >= 15 is 0 Å². The van der Waals surface area contributed by atoms with Crippen LogP contribution in [0.15, 0.2) is 37.0 Å². The van der Waals surface area contributed by atoms with Gasteiger partial charge in [0.05, 0.1) is 6.10 Å². The number of aliphatic hydroxyl groups is 1. The van der Waals surface area contributed by atoms with E-state index < -0.39 is 6.10 Å². The molecule has 0 bridgehead atoms. The molecule has 0 saturated heterocycles. The van der Waals surface area contributed by atoms with E-state index in [1.807, 2.05) is 0 Å². The highest BCUT2D eigenvalue weighted by Gasteiger charge is 2.57. The van der Waals surface area contributed by atoms with Gasteiger partial charge in [-0.05, 0) is 37.0 Å². The largest absolute Gasteiger partial charge is 0.392 e. The smallest absolute Gasteiger partial charge is 0.138 e. The molecule has 122 valence electrons. The first kappa shape index (κ1) is 17.2. The highest BCUT2D eigenvalue weighted by molar-refractivity contribution is 5.85. The normalized spacial score (nSPS) is 35.6. The molecular formula is C20H30O2.